The molecule has 0 radical (unpaired) electrons. The normalized spacial score (nSPS) is 31.4. The summed E-state index contributed by atoms with van der Waals surface area (Å²) in [6.45, 7) is 9.41. The van der Waals surface area contributed by atoms with E-state index in [0.717, 1.165) is 6.42 Å². The monoisotopic (exact) mass is 420 g/mol. The van der Waals surface area contributed by atoms with Crippen molar-refractivity contribution in [1.82, 2.24) is 0 Å². The molecule has 1 fully saturated rings. The number of ether oxygens (including phenoxy) is 1. The molecule has 0 saturated heterocycles. The minimum Gasteiger partial charge on any atom is -0.507 e. The number of allylic oxidation sites excluding steroid dienone is 1. The van der Waals surface area contributed by atoms with Gasteiger partial charge in [-0.05, 0) is 37.2 Å². The molecule has 29 heavy (non-hydrogen) atoms. The Hall–Kier alpha value is -1.85. The van der Waals surface area contributed by atoms with E-state index in [1.165, 1.54) is 0 Å². The Morgan fingerprint density at radius 3 is 2.62 bits per heavy atom. The highest BCUT2D eigenvalue weighted by Gasteiger charge is 2.44. The quantitative estimate of drug-likeness (QED) is 0.556. The van der Waals surface area contributed by atoms with Gasteiger partial charge >= 0.3 is 0 Å². The summed E-state index contributed by atoms with van der Waals surface area (Å²) < 4.78 is 5.94. The average molecular weight is 421 g/mol. The topological polar surface area (TPSA) is 83.8 Å². The molecule has 1 aromatic rings. The van der Waals surface area contributed by atoms with E-state index in [9.17, 15) is 19.8 Å². The molecule has 0 aromatic heterocycles. The number of Topliss-reactive ketones (excluding diaryl/α,β-unsaturated/α-hetero) is 1. The van der Waals surface area contributed by atoms with Crippen molar-refractivity contribution in [2.75, 3.05) is 0 Å². The predicted octanol–water partition coefficient (Wildman–Crippen LogP) is 4.42. The minimum atomic E-state index is -1.35. The van der Waals surface area contributed by atoms with Gasteiger partial charge in [0.25, 0.3) is 0 Å². The molecule has 2 N–H and O–H groups in total. The first kappa shape index (κ1) is 21.8. The molecule has 0 bridgehead atoms. The number of aliphatic hydroxyl groups is 1. The van der Waals surface area contributed by atoms with Crippen molar-refractivity contribution in [3.63, 3.8) is 0 Å². The molecule has 158 valence electrons. The summed E-state index contributed by atoms with van der Waals surface area (Å²) in [6.07, 6.45) is 5.19. The van der Waals surface area contributed by atoms with E-state index in [4.69, 9.17) is 16.3 Å². The minimum absolute atomic E-state index is 0.128. The number of hydrogen-bond acceptors (Lipinski definition) is 5. The Morgan fingerprint density at radius 1 is 1.34 bits per heavy atom. The van der Waals surface area contributed by atoms with Gasteiger partial charge in [0.05, 0.1) is 10.6 Å². The molecule has 0 unspecified atom stereocenters. The van der Waals surface area contributed by atoms with Crippen LogP contribution in [0.25, 0.3) is 0 Å². The van der Waals surface area contributed by atoms with Crippen molar-refractivity contribution in [2.24, 2.45) is 17.3 Å². The van der Waals surface area contributed by atoms with Crippen LogP contribution in [-0.2, 0) is 11.2 Å². The van der Waals surface area contributed by atoms with Crippen LogP contribution >= 0.6 is 11.6 Å². The van der Waals surface area contributed by atoms with Gasteiger partial charge in [-0.15, -0.1) is 0 Å². The number of aldehydes is 1. The first-order chi connectivity index (χ1) is 13.4. The third-order valence-corrected chi connectivity index (χ3v) is 7.70. The number of carbonyl (C=O) groups excluding carboxylic acids is 2. The Bertz CT molecular complexity index is 888. The summed E-state index contributed by atoms with van der Waals surface area (Å²) in [5.41, 5.74) is -0.686. The fourth-order valence-corrected chi connectivity index (χ4v) is 4.70. The van der Waals surface area contributed by atoms with Crippen molar-refractivity contribution in [2.45, 2.75) is 65.6 Å². The lowest BCUT2D eigenvalue weighted by Gasteiger charge is -2.42. The molecule has 6 heteroatoms. The Labute approximate surface area is 176 Å². The van der Waals surface area contributed by atoms with Gasteiger partial charge in [0.1, 0.15) is 29.0 Å². The molecule has 0 spiro atoms. The van der Waals surface area contributed by atoms with E-state index in [-0.39, 0.29) is 39.9 Å². The molecule has 1 heterocycles. The van der Waals surface area contributed by atoms with Gasteiger partial charge in [-0.3, -0.25) is 9.59 Å². The van der Waals surface area contributed by atoms with E-state index < -0.39 is 11.7 Å². The average Bonchev–Trinajstić information content (AvgIpc) is 3.14. The second-order valence-electron chi connectivity index (χ2n) is 8.99. The van der Waals surface area contributed by atoms with Crippen molar-refractivity contribution in [3.05, 3.63) is 33.9 Å². The van der Waals surface area contributed by atoms with Crippen LogP contribution in [0.15, 0.2) is 12.2 Å². The van der Waals surface area contributed by atoms with Gasteiger partial charge in [-0.2, -0.15) is 0 Å². The third-order valence-electron chi connectivity index (χ3n) is 7.25. The van der Waals surface area contributed by atoms with Crippen LogP contribution in [-0.4, -0.2) is 34.0 Å². The zero-order chi connectivity index (χ0) is 21.7. The molecule has 2 aliphatic rings. The Kier molecular flexibility index (Phi) is 5.61. The van der Waals surface area contributed by atoms with E-state index in [0.29, 0.717) is 35.5 Å². The highest BCUT2D eigenvalue weighted by molar-refractivity contribution is 6.33. The number of hydrogen-bond donors (Lipinski definition) is 2. The van der Waals surface area contributed by atoms with Gasteiger partial charge in [-0.25, -0.2) is 0 Å². The predicted molar refractivity (Wildman–Crippen MR) is 112 cm³/mol. The van der Waals surface area contributed by atoms with Gasteiger partial charge in [0.2, 0.25) is 0 Å². The summed E-state index contributed by atoms with van der Waals surface area (Å²) in [5.74, 6) is 0.586. The second-order valence-corrected chi connectivity index (χ2v) is 9.37. The molecular formula is C23H29ClO5. The molecule has 1 aliphatic carbocycles. The summed E-state index contributed by atoms with van der Waals surface area (Å²) in [7, 11) is 0. The van der Waals surface area contributed by atoms with Crippen LogP contribution in [0.3, 0.4) is 0 Å². The molecule has 3 rings (SSSR count). The SMILES string of the molecule is Cc1c(Cl)c2c(c(O)c1C=O)C[C@H]([C@@](C)(O)/C=C/[C@@]1(C)[C@H](C)CCC(=O)[C@@H]1C)O2. The summed E-state index contributed by atoms with van der Waals surface area (Å²) in [4.78, 5) is 23.6. The van der Waals surface area contributed by atoms with Crippen LogP contribution in [0.4, 0.5) is 0 Å². The lowest BCUT2D eigenvalue weighted by molar-refractivity contribution is -0.129. The van der Waals surface area contributed by atoms with Gasteiger partial charge in [-0.1, -0.05) is 44.5 Å². The number of ketones is 1. The highest BCUT2D eigenvalue weighted by atomic mass is 35.5. The standard InChI is InChI=1S/C23H29ClO5/c1-12-6-7-17(26)14(3)22(12,4)8-9-23(5,28)18-10-15-20(27)16(11-25)13(2)19(24)21(15)29-18/h8-9,11-12,14,18,27-28H,6-7,10H2,1-5H3/b9-8+/t12-,14+,18-,22+,23+/m1/s1. The van der Waals surface area contributed by atoms with Crippen LogP contribution in [0.2, 0.25) is 5.02 Å². The smallest absolute Gasteiger partial charge is 0.154 e. The number of benzene rings is 1. The first-order valence-electron chi connectivity index (χ1n) is 10.0. The molecule has 1 saturated carbocycles. The maximum atomic E-state index is 12.3. The summed E-state index contributed by atoms with van der Waals surface area (Å²) >= 11 is 6.35. The second kappa shape index (κ2) is 7.44. The van der Waals surface area contributed by atoms with Gasteiger partial charge < -0.3 is 14.9 Å². The number of halogens is 1. The van der Waals surface area contributed by atoms with E-state index in [1.54, 1.807) is 19.9 Å². The highest BCUT2D eigenvalue weighted by Crippen LogP contribution is 2.48. The summed E-state index contributed by atoms with van der Waals surface area (Å²) in [6, 6.07) is 0. The number of aromatic hydroxyl groups is 1. The zero-order valence-electron chi connectivity index (χ0n) is 17.6. The lowest BCUT2D eigenvalue weighted by Crippen LogP contribution is -2.43. The number of phenolic OH excluding ortho intramolecular Hbond substituents is 1. The maximum absolute atomic E-state index is 12.3. The van der Waals surface area contributed by atoms with Crippen LogP contribution in [0.1, 0.15) is 62.0 Å². The van der Waals surface area contributed by atoms with Crippen LogP contribution in [0.5, 0.6) is 11.5 Å². The van der Waals surface area contributed by atoms with E-state index >= 15 is 0 Å². The summed E-state index contributed by atoms with van der Waals surface area (Å²) in [5, 5.41) is 21.9. The van der Waals surface area contributed by atoms with Crippen LogP contribution in [0, 0.1) is 24.2 Å². The Balaban J connectivity index is 1.90. The molecule has 1 aliphatic heterocycles. The van der Waals surface area contributed by atoms with Gasteiger partial charge in [0.15, 0.2) is 6.29 Å². The largest absolute Gasteiger partial charge is 0.507 e. The number of carbonyl (C=O) groups is 2. The molecule has 1 aromatic carbocycles. The number of fused-ring (bicyclic) bond motifs is 1. The molecular weight excluding hydrogens is 392 g/mol. The lowest BCUT2D eigenvalue weighted by atomic mass is 9.61. The van der Waals surface area contributed by atoms with Crippen molar-refractivity contribution in [3.8, 4) is 11.5 Å². The molecule has 5 nitrogen and oxygen atoms in total. The number of rotatable bonds is 4. The molecule has 0 amide bonds. The van der Waals surface area contributed by atoms with E-state index in [1.807, 2.05) is 13.0 Å². The van der Waals surface area contributed by atoms with Crippen molar-refractivity contribution in [1.29, 1.82) is 0 Å². The third kappa shape index (κ3) is 3.49. The molecule has 5 atom stereocenters. The number of phenols is 1. The fraction of sp³-hybridized carbons (Fsp3) is 0.565. The van der Waals surface area contributed by atoms with Crippen molar-refractivity contribution >= 4 is 23.7 Å². The first-order valence-corrected chi connectivity index (χ1v) is 10.4. The zero-order valence-corrected chi connectivity index (χ0v) is 18.3. The fourth-order valence-electron chi connectivity index (χ4n) is 4.44. The van der Waals surface area contributed by atoms with Crippen molar-refractivity contribution < 1.29 is 24.5 Å². The van der Waals surface area contributed by atoms with Gasteiger partial charge in [0, 0.05) is 24.3 Å². The van der Waals surface area contributed by atoms with E-state index in [2.05, 4.69) is 13.8 Å². The Morgan fingerprint density at radius 2 is 2.00 bits per heavy atom. The maximum Gasteiger partial charge on any atom is 0.154 e. The van der Waals surface area contributed by atoms with Crippen LogP contribution < -0.4 is 4.74 Å².